The van der Waals surface area contributed by atoms with Gasteiger partial charge in [-0.3, -0.25) is 0 Å². The molecule has 0 atom stereocenters. The summed E-state index contributed by atoms with van der Waals surface area (Å²) in [6.45, 7) is 7.89. The van der Waals surface area contributed by atoms with Crippen molar-refractivity contribution in [2.45, 2.75) is 27.7 Å². The maximum Gasteiger partial charge on any atom is 0.343 e. The lowest BCUT2D eigenvalue weighted by Gasteiger charge is -2.15. The van der Waals surface area contributed by atoms with Crippen molar-refractivity contribution in [3.05, 3.63) is 81.9 Å². The standard InChI is InChI=1S/C26H26O5/c1-15-11-21(12-16(2)23(15)29-5)22-13-17(3)24(18(4)14-22)31-26(28)20-9-7-19(8-10-20)25(27)30-6/h7-14H,1-6H3. The number of benzene rings is 3. The van der Waals surface area contributed by atoms with Crippen LogP contribution in [0.25, 0.3) is 11.1 Å². The molecule has 5 nitrogen and oxygen atoms in total. The highest BCUT2D eigenvalue weighted by molar-refractivity contribution is 5.94. The van der Waals surface area contributed by atoms with E-state index in [2.05, 4.69) is 16.9 Å². The van der Waals surface area contributed by atoms with E-state index in [9.17, 15) is 9.59 Å². The second-order valence-electron chi connectivity index (χ2n) is 7.54. The molecule has 0 amide bonds. The molecule has 3 rings (SSSR count). The Bertz CT molecular complexity index is 1100. The number of rotatable bonds is 5. The third kappa shape index (κ3) is 4.61. The summed E-state index contributed by atoms with van der Waals surface area (Å²) in [6.07, 6.45) is 0. The zero-order valence-corrected chi connectivity index (χ0v) is 18.7. The number of carbonyl (C=O) groups is 2. The minimum Gasteiger partial charge on any atom is -0.496 e. The van der Waals surface area contributed by atoms with Crippen LogP contribution in [-0.2, 0) is 4.74 Å². The summed E-state index contributed by atoms with van der Waals surface area (Å²) in [6, 6.07) is 14.4. The van der Waals surface area contributed by atoms with E-state index in [1.807, 2.05) is 39.8 Å². The maximum atomic E-state index is 12.6. The Labute approximate surface area is 182 Å². The van der Waals surface area contributed by atoms with Crippen LogP contribution < -0.4 is 9.47 Å². The lowest BCUT2D eigenvalue weighted by Crippen LogP contribution is -2.11. The highest BCUT2D eigenvalue weighted by atomic mass is 16.5. The van der Waals surface area contributed by atoms with E-state index in [1.165, 1.54) is 7.11 Å². The van der Waals surface area contributed by atoms with Gasteiger partial charge in [0, 0.05) is 0 Å². The van der Waals surface area contributed by atoms with Gasteiger partial charge in [-0.05, 0) is 110 Å². The molecule has 31 heavy (non-hydrogen) atoms. The van der Waals surface area contributed by atoms with E-state index in [4.69, 9.17) is 9.47 Å². The second-order valence-corrected chi connectivity index (χ2v) is 7.54. The van der Waals surface area contributed by atoms with Crippen molar-refractivity contribution in [3.63, 3.8) is 0 Å². The summed E-state index contributed by atoms with van der Waals surface area (Å²) in [4.78, 5) is 24.2. The van der Waals surface area contributed by atoms with Crippen LogP contribution in [0, 0.1) is 27.7 Å². The number of carbonyl (C=O) groups excluding carboxylic acids is 2. The number of methoxy groups -OCH3 is 2. The number of aryl methyl sites for hydroxylation is 4. The summed E-state index contributed by atoms with van der Waals surface area (Å²) in [5.41, 5.74) is 6.72. The molecule has 160 valence electrons. The Balaban J connectivity index is 1.87. The van der Waals surface area contributed by atoms with Gasteiger partial charge in [0.1, 0.15) is 11.5 Å². The van der Waals surface area contributed by atoms with Gasteiger partial charge in [0.25, 0.3) is 0 Å². The van der Waals surface area contributed by atoms with E-state index >= 15 is 0 Å². The highest BCUT2D eigenvalue weighted by Crippen LogP contribution is 2.34. The van der Waals surface area contributed by atoms with E-state index in [0.717, 1.165) is 39.1 Å². The highest BCUT2D eigenvalue weighted by Gasteiger charge is 2.16. The second kappa shape index (κ2) is 9.04. The molecule has 0 aromatic heterocycles. The number of hydrogen-bond donors (Lipinski definition) is 0. The van der Waals surface area contributed by atoms with Crippen molar-refractivity contribution in [1.82, 2.24) is 0 Å². The molecular formula is C26H26O5. The average Bonchev–Trinajstić information content (AvgIpc) is 2.75. The topological polar surface area (TPSA) is 61.8 Å². The van der Waals surface area contributed by atoms with Crippen molar-refractivity contribution >= 4 is 11.9 Å². The van der Waals surface area contributed by atoms with Crippen LogP contribution in [0.2, 0.25) is 0 Å². The monoisotopic (exact) mass is 418 g/mol. The van der Waals surface area contributed by atoms with Crippen molar-refractivity contribution in [2.24, 2.45) is 0 Å². The molecule has 0 aliphatic carbocycles. The molecule has 0 saturated carbocycles. The third-order valence-electron chi connectivity index (χ3n) is 5.19. The normalized spacial score (nSPS) is 10.5. The van der Waals surface area contributed by atoms with Gasteiger partial charge in [-0.1, -0.05) is 0 Å². The summed E-state index contributed by atoms with van der Waals surface area (Å²) in [5, 5.41) is 0. The van der Waals surface area contributed by atoms with Crippen LogP contribution >= 0.6 is 0 Å². The number of esters is 2. The van der Waals surface area contributed by atoms with Crippen LogP contribution in [0.3, 0.4) is 0 Å². The molecule has 0 bridgehead atoms. The van der Waals surface area contributed by atoms with Crippen molar-refractivity contribution in [2.75, 3.05) is 14.2 Å². The molecule has 0 unspecified atom stereocenters. The SMILES string of the molecule is COC(=O)c1ccc(C(=O)Oc2c(C)cc(-c3cc(C)c(OC)c(C)c3)cc2C)cc1. The Morgan fingerprint density at radius 1 is 0.613 bits per heavy atom. The molecule has 0 spiro atoms. The first kappa shape index (κ1) is 22.1. The summed E-state index contributed by atoms with van der Waals surface area (Å²) < 4.78 is 15.8. The molecule has 0 saturated heterocycles. The first-order valence-electron chi connectivity index (χ1n) is 9.92. The molecule has 0 heterocycles. The fraction of sp³-hybridized carbons (Fsp3) is 0.231. The zero-order valence-electron chi connectivity index (χ0n) is 18.7. The summed E-state index contributed by atoms with van der Waals surface area (Å²) in [7, 11) is 2.99. The predicted molar refractivity (Wildman–Crippen MR) is 120 cm³/mol. The Morgan fingerprint density at radius 2 is 1.00 bits per heavy atom. The minimum atomic E-state index is -0.480. The quantitative estimate of drug-likeness (QED) is 0.399. The third-order valence-corrected chi connectivity index (χ3v) is 5.19. The average molecular weight is 418 g/mol. The van der Waals surface area contributed by atoms with Crippen LogP contribution in [0.5, 0.6) is 11.5 Å². The number of hydrogen-bond acceptors (Lipinski definition) is 5. The van der Waals surface area contributed by atoms with Crippen LogP contribution in [-0.4, -0.2) is 26.2 Å². The maximum absolute atomic E-state index is 12.6. The first-order chi connectivity index (χ1) is 14.7. The molecule has 3 aromatic carbocycles. The minimum absolute atomic E-state index is 0.358. The first-order valence-corrected chi connectivity index (χ1v) is 9.92. The van der Waals surface area contributed by atoms with Gasteiger partial charge in [0.2, 0.25) is 0 Å². The Kier molecular flexibility index (Phi) is 6.44. The van der Waals surface area contributed by atoms with Crippen molar-refractivity contribution in [1.29, 1.82) is 0 Å². The Hall–Kier alpha value is -3.60. The van der Waals surface area contributed by atoms with Crippen molar-refractivity contribution in [3.8, 4) is 22.6 Å². The van der Waals surface area contributed by atoms with Gasteiger partial charge >= 0.3 is 11.9 Å². The number of ether oxygens (including phenoxy) is 3. The molecule has 0 fully saturated rings. The van der Waals surface area contributed by atoms with Gasteiger partial charge in [0.15, 0.2) is 0 Å². The summed E-state index contributed by atoms with van der Waals surface area (Å²) >= 11 is 0. The van der Waals surface area contributed by atoms with Gasteiger partial charge in [-0.2, -0.15) is 0 Å². The molecule has 0 N–H and O–H groups in total. The van der Waals surface area contributed by atoms with Crippen LogP contribution in [0.15, 0.2) is 48.5 Å². The van der Waals surface area contributed by atoms with E-state index in [0.29, 0.717) is 16.9 Å². The van der Waals surface area contributed by atoms with E-state index < -0.39 is 11.9 Å². The molecule has 0 aliphatic rings. The fourth-order valence-electron chi connectivity index (χ4n) is 3.73. The molecule has 0 aliphatic heterocycles. The Morgan fingerprint density at radius 3 is 1.39 bits per heavy atom. The van der Waals surface area contributed by atoms with Gasteiger partial charge in [-0.25, -0.2) is 9.59 Å². The largest absolute Gasteiger partial charge is 0.496 e. The predicted octanol–water partition coefficient (Wildman–Crippen LogP) is 5.60. The van der Waals surface area contributed by atoms with Gasteiger partial charge < -0.3 is 14.2 Å². The lowest BCUT2D eigenvalue weighted by atomic mass is 9.96. The smallest absolute Gasteiger partial charge is 0.343 e. The molecule has 5 heteroatoms. The van der Waals surface area contributed by atoms with Gasteiger partial charge in [0.05, 0.1) is 25.3 Å². The fourth-order valence-corrected chi connectivity index (χ4v) is 3.73. The molecular weight excluding hydrogens is 392 g/mol. The zero-order chi connectivity index (χ0) is 22.7. The van der Waals surface area contributed by atoms with Gasteiger partial charge in [-0.15, -0.1) is 0 Å². The van der Waals surface area contributed by atoms with E-state index in [1.54, 1.807) is 31.4 Å². The van der Waals surface area contributed by atoms with E-state index in [-0.39, 0.29) is 0 Å². The molecule has 3 aromatic rings. The van der Waals surface area contributed by atoms with Crippen LogP contribution in [0.1, 0.15) is 43.0 Å². The van der Waals surface area contributed by atoms with Crippen molar-refractivity contribution < 1.29 is 23.8 Å². The van der Waals surface area contributed by atoms with Crippen LogP contribution in [0.4, 0.5) is 0 Å². The molecule has 0 radical (unpaired) electrons. The summed E-state index contributed by atoms with van der Waals surface area (Å²) in [5.74, 6) is 0.492. The lowest BCUT2D eigenvalue weighted by molar-refractivity contribution is 0.0599.